The third-order valence-electron chi connectivity index (χ3n) is 2.59. The predicted octanol–water partition coefficient (Wildman–Crippen LogP) is 2.27. The van der Waals surface area contributed by atoms with Gasteiger partial charge in [-0.2, -0.15) is 5.10 Å². The smallest absolute Gasteiger partial charge is 0.162 e. The molecule has 0 radical (unpaired) electrons. The number of ether oxygens (including phenoxy) is 1. The molecule has 1 heterocycles. The predicted molar refractivity (Wildman–Crippen MR) is 68.0 cm³/mol. The van der Waals surface area contributed by atoms with Crippen molar-refractivity contribution in [2.24, 2.45) is 7.05 Å². The minimum atomic E-state index is -0.755. The van der Waals surface area contributed by atoms with E-state index in [0.717, 1.165) is 10.0 Å². The first-order valence-electron chi connectivity index (χ1n) is 5.13. The van der Waals surface area contributed by atoms with E-state index in [1.54, 1.807) is 25.0 Å². The highest BCUT2D eigenvalue weighted by atomic mass is 79.9. The lowest BCUT2D eigenvalue weighted by Gasteiger charge is -2.13. The standard InChI is InChI=1S/C12H13BrN2O2/c1-15-11(10(17-2)7-14-15)12(16)8-4-3-5-9(13)6-8/h3-7,12,16H,1-2H3. The number of aryl methyl sites for hydroxylation is 1. The Morgan fingerprint density at radius 2 is 2.24 bits per heavy atom. The third-order valence-corrected chi connectivity index (χ3v) is 3.09. The molecule has 1 unspecified atom stereocenters. The molecule has 2 aromatic rings. The first-order chi connectivity index (χ1) is 8.13. The second kappa shape index (κ2) is 4.89. The van der Waals surface area contributed by atoms with Crippen molar-refractivity contribution in [3.05, 3.63) is 46.2 Å². The second-order valence-electron chi connectivity index (χ2n) is 3.68. The number of halogens is 1. The van der Waals surface area contributed by atoms with Gasteiger partial charge in [-0.3, -0.25) is 4.68 Å². The first kappa shape index (κ1) is 12.1. The number of rotatable bonds is 3. The maximum atomic E-state index is 10.3. The number of aromatic nitrogens is 2. The van der Waals surface area contributed by atoms with Crippen LogP contribution in [0.25, 0.3) is 0 Å². The van der Waals surface area contributed by atoms with Crippen LogP contribution in [0.2, 0.25) is 0 Å². The van der Waals surface area contributed by atoms with Gasteiger partial charge in [-0.1, -0.05) is 28.1 Å². The van der Waals surface area contributed by atoms with E-state index in [0.29, 0.717) is 11.4 Å². The number of nitrogens with zero attached hydrogens (tertiary/aromatic N) is 2. The SMILES string of the molecule is COc1cnn(C)c1C(O)c1cccc(Br)c1. The molecule has 0 aliphatic heterocycles. The monoisotopic (exact) mass is 296 g/mol. The fourth-order valence-corrected chi connectivity index (χ4v) is 2.15. The maximum absolute atomic E-state index is 10.3. The summed E-state index contributed by atoms with van der Waals surface area (Å²) in [5.41, 5.74) is 1.44. The van der Waals surface area contributed by atoms with Gasteiger partial charge in [-0.15, -0.1) is 0 Å². The molecule has 5 heteroatoms. The zero-order chi connectivity index (χ0) is 12.4. The molecule has 0 saturated carbocycles. The Morgan fingerprint density at radius 1 is 1.47 bits per heavy atom. The fraction of sp³-hybridized carbons (Fsp3) is 0.250. The summed E-state index contributed by atoms with van der Waals surface area (Å²) in [5, 5.41) is 14.4. The van der Waals surface area contributed by atoms with Crippen LogP contribution in [-0.2, 0) is 7.05 Å². The molecule has 0 aliphatic rings. The van der Waals surface area contributed by atoms with Gasteiger partial charge in [0.15, 0.2) is 5.75 Å². The zero-order valence-electron chi connectivity index (χ0n) is 9.59. The summed E-state index contributed by atoms with van der Waals surface area (Å²) < 4.78 is 7.73. The van der Waals surface area contributed by atoms with Crippen LogP contribution in [0.5, 0.6) is 5.75 Å². The summed E-state index contributed by atoms with van der Waals surface area (Å²) in [5.74, 6) is 0.583. The molecule has 1 N–H and O–H groups in total. The molecule has 0 amide bonds. The minimum Gasteiger partial charge on any atom is -0.493 e. The van der Waals surface area contributed by atoms with E-state index in [-0.39, 0.29) is 0 Å². The Labute approximate surface area is 108 Å². The Balaban J connectivity index is 2.43. The lowest BCUT2D eigenvalue weighted by atomic mass is 10.1. The van der Waals surface area contributed by atoms with Gasteiger partial charge < -0.3 is 9.84 Å². The molecule has 0 aliphatic carbocycles. The topological polar surface area (TPSA) is 47.3 Å². The van der Waals surface area contributed by atoms with Crippen LogP contribution in [0.15, 0.2) is 34.9 Å². The van der Waals surface area contributed by atoms with Crippen molar-refractivity contribution in [1.29, 1.82) is 0 Å². The van der Waals surface area contributed by atoms with Crippen molar-refractivity contribution < 1.29 is 9.84 Å². The molecule has 17 heavy (non-hydrogen) atoms. The molecule has 0 fully saturated rings. The van der Waals surface area contributed by atoms with Gasteiger partial charge >= 0.3 is 0 Å². The van der Waals surface area contributed by atoms with Gasteiger partial charge in [-0.05, 0) is 17.7 Å². The molecule has 2 rings (SSSR count). The Morgan fingerprint density at radius 3 is 2.88 bits per heavy atom. The summed E-state index contributed by atoms with van der Waals surface area (Å²) in [6.45, 7) is 0. The number of aliphatic hydroxyl groups is 1. The van der Waals surface area contributed by atoms with Crippen molar-refractivity contribution in [3.8, 4) is 5.75 Å². The molecule has 0 bridgehead atoms. The summed E-state index contributed by atoms with van der Waals surface area (Å²) in [6.07, 6.45) is 0.839. The highest BCUT2D eigenvalue weighted by Gasteiger charge is 2.20. The van der Waals surface area contributed by atoms with Gasteiger partial charge in [0, 0.05) is 11.5 Å². The highest BCUT2D eigenvalue weighted by molar-refractivity contribution is 9.10. The molecule has 1 aromatic carbocycles. The normalized spacial score (nSPS) is 12.5. The van der Waals surface area contributed by atoms with Crippen molar-refractivity contribution in [2.75, 3.05) is 7.11 Å². The lowest BCUT2D eigenvalue weighted by molar-refractivity contribution is 0.204. The molecular formula is C12H13BrN2O2. The van der Waals surface area contributed by atoms with Crippen LogP contribution in [0.4, 0.5) is 0 Å². The van der Waals surface area contributed by atoms with Gasteiger partial charge in [0.05, 0.1) is 13.3 Å². The molecule has 0 saturated heterocycles. The van der Waals surface area contributed by atoms with E-state index in [1.165, 1.54) is 0 Å². The van der Waals surface area contributed by atoms with Gasteiger partial charge in [0.2, 0.25) is 0 Å². The molecule has 90 valence electrons. The van der Waals surface area contributed by atoms with Crippen LogP contribution in [0.1, 0.15) is 17.4 Å². The van der Waals surface area contributed by atoms with Gasteiger partial charge in [-0.25, -0.2) is 0 Å². The van der Waals surface area contributed by atoms with Crippen molar-refractivity contribution >= 4 is 15.9 Å². The van der Waals surface area contributed by atoms with Crippen molar-refractivity contribution in [1.82, 2.24) is 9.78 Å². The summed E-state index contributed by atoms with van der Waals surface area (Å²) in [6, 6.07) is 7.53. The van der Waals surface area contributed by atoms with E-state index in [4.69, 9.17) is 4.74 Å². The molecular weight excluding hydrogens is 284 g/mol. The van der Waals surface area contributed by atoms with Crippen LogP contribution in [0.3, 0.4) is 0 Å². The van der Waals surface area contributed by atoms with Gasteiger partial charge in [0.25, 0.3) is 0 Å². The lowest BCUT2D eigenvalue weighted by Crippen LogP contribution is -2.08. The van der Waals surface area contributed by atoms with Crippen molar-refractivity contribution in [2.45, 2.75) is 6.10 Å². The van der Waals surface area contributed by atoms with E-state index in [9.17, 15) is 5.11 Å². The maximum Gasteiger partial charge on any atom is 0.162 e. The van der Waals surface area contributed by atoms with Gasteiger partial charge in [0.1, 0.15) is 11.8 Å². The zero-order valence-corrected chi connectivity index (χ0v) is 11.2. The van der Waals surface area contributed by atoms with Crippen molar-refractivity contribution in [3.63, 3.8) is 0 Å². The quantitative estimate of drug-likeness (QED) is 0.945. The average molecular weight is 297 g/mol. The molecule has 1 aromatic heterocycles. The second-order valence-corrected chi connectivity index (χ2v) is 4.60. The van der Waals surface area contributed by atoms with E-state index < -0.39 is 6.10 Å². The summed E-state index contributed by atoms with van der Waals surface area (Å²) in [7, 11) is 3.34. The number of aliphatic hydroxyl groups excluding tert-OH is 1. The fourth-order valence-electron chi connectivity index (χ4n) is 1.73. The van der Waals surface area contributed by atoms with Crippen LogP contribution >= 0.6 is 15.9 Å². The number of hydrogen-bond donors (Lipinski definition) is 1. The first-order valence-corrected chi connectivity index (χ1v) is 5.92. The Bertz CT molecular complexity index is 525. The number of hydrogen-bond acceptors (Lipinski definition) is 3. The average Bonchev–Trinajstić information content (AvgIpc) is 2.69. The largest absolute Gasteiger partial charge is 0.493 e. The minimum absolute atomic E-state index is 0.583. The van der Waals surface area contributed by atoms with Crippen LogP contribution in [-0.4, -0.2) is 22.0 Å². The van der Waals surface area contributed by atoms with E-state index >= 15 is 0 Å². The number of benzene rings is 1. The summed E-state index contributed by atoms with van der Waals surface area (Å²) >= 11 is 3.38. The Hall–Kier alpha value is -1.33. The molecule has 0 spiro atoms. The van der Waals surface area contributed by atoms with E-state index in [2.05, 4.69) is 21.0 Å². The highest BCUT2D eigenvalue weighted by Crippen LogP contribution is 2.30. The number of methoxy groups -OCH3 is 1. The third kappa shape index (κ3) is 2.35. The summed E-state index contributed by atoms with van der Waals surface area (Å²) in [4.78, 5) is 0. The van der Waals surface area contributed by atoms with Crippen LogP contribution < -0.4 is 4.74 Å². The molecule has 4 nitrogen and oxygen atoms in total. The van der Waals surface area contributed by atoms with Crippen LogP contribution in [0, 0.1) is 0 Å². The Kier molecular flexibility index (Phi) is 3.49. The molecule has 1 atom stereocenters. The van der Waals surface area contributed by atoms with E-state index in [1.807, 2.05) is 24.3 Å².